The number of amides is 1. The molecule has 1 atom stereocenters. The van der Waals surface area contributed by atoms with E-state index in [0.29, 0.717) is 28.4 Å². The predicted octanol–water partition coefficient (Wildman–Crippen LogP) is 6.30. The summed E-state index contributed by atoms with van der Waals surface area (Å²) in [6.07, 6.45) is 1.84. The number of ether oxygens (including phenoxy) is 2. The van der Waals surface area contributed by atoms with Crippen LogP contribution in [0.3, 0.4) is 0 Å². The molecule has 0 radical (unpaired) electrons. The third kappa shape index (κ3) is 6.82. The van der Waals surface area contributed by atoms with Crippen molar-refractivity contribution in [1.82, 2.24) is 4.98 Å². The van der Waals surface area contributed by atoms with Crippen molar-refractivity contribution in [3.8, 4) is 0 Å². The van der Waals surface area contributed by atoms with Gasteiger partial charge in [0.15, 0.2) is 5.78 Å². The van der Waals surface area contributed by atoms with E-state index in [4.69, 9.17) is 9.47 Å². The zero-order chi connectivity index (χ0) is 26.6. The van der Waals surface area contributed by atoms with E-state index in [0.717, 1.165) is 18.4 Å². The van der Waals surface area contributed by atoms with Gasteiger partial charge in [-0.1, -0.05) is 48.5 Å². The smallest absolute Gasteiger partial charge is 0.412 e. The number of rotatable bonds is 8. The molecule has 3 aromatic rings. The highest BCUT2D eigenvalue weighted by Gasteiger charge is 2.30. The maximum absolute atomic E-state index is 13.9. The normalized spacial score (nSPS) is 13.9. The van der Waals surface area contributed by atoms with Crippen LogP contribution in [0.25, 0.3) is 0 Å². The van der Waals surface area contributed by atoms with Crippen molar-refractivity contribution in [3.05, 3.63) is 94.8 Å². The minimum atomic E-state index is -0.671. The van der Waals surface area contributed by atoms with Crippen LogP contribution in [0.2, 0.25) is 0 Å². The van der Waals surface area contributed by atoms with Gasteiger partial charge in [0, 0.05) is 23.4 Å². The Morgan fingerprint density at radius 2 is 1.73 bits per heavy atom. The first kappa shape index (κ1) is 26.1. The zero-order valence-corrected chi connectivity index (χ0v) is 21.6. The molecule has 1 heterocycles. The second-order valence-electron chi connectivity index (χ2n) is 10.2. The Hall–Kier alpha value is -4.00. The van der Waals surface area contributed by atoms with Crippen molar-refractivity contribution >= 4 is 23.5 Å². The second-order valence-corrected chi connectivity index (χ2v) is 10.2. The minimum Gasteiger partial charge on any atom is -0.464 e. The van der Waals surface area contributed by atoms with Crippen molar-refractivity contribution in [2.75, 3.05) is 12.4 Å². The third-order valence-corrected chi connectivity index (χ3v) is 6.13. The van der Waals surface area contributed by atoms with Crippen molar-refractivity contribution in [2.24, 2.45) is 0 Å². The number of ketones is 1. The Balaban J connectivity index is 1.76. The number of hydrogen-bond acceptors (Lipinski definition) is 6. The molecule has 0 saturated heterocycles. The monoisotopic (exact) mass is 500 g/mol. The Labute approximate surface area is 217 Å². The van der Waals surface area contributed by atoms with Crippen molar-refractivity contribution in [1.29, 1.82) is 0 Å². The van der Waals surface area contributed by atoms with Gasteiger partial charge < -0.3 is 9.47 Å². The Morgan fingerprint density at radius 3 is 2.38 bits per heavy atom. The molecule has 2 aromatic carbocycles. The van der Waals surface area contributed by atoms with Gasteiger partial charge in [0.25, 0.3) is 0 Å². The van der Waals surface area contributed by atoms with Crippen molar-refractivity contribution < 1.29 is 23.9 Å². The predicted molar refractivity (Wildman–Crippen MR) is 141 cm³/mol. The minimum absolute atomic E-state index is 0.114. The lowest BCUT2D eigenvalue weighted by molar-refractivity contribution is 0.0591. The summed E-state index contributed by atoms with van der Waals surface area (Å²) in [7, 11) is 1.30. The highest BCUT2D eigenvalue weighted by molar-refractivity contribution is 6.02. The van der Waals surface area contributed by atoms with Crippen LogP contribution in [0.15, 0.2) is 66.7 Å². The number of aromatic nitrogens is 1. The fraction of sp³-hybridized carbons (Fsp3) is 0.333. The van der Waals surface area contributed by atoms with Gasteiger partial charge in [-0.2, -0.15) is 0 Å². The van der Waals surface area contributed by atoms with Crippen LogP contribution in [0, 0.1) is 0 Å². The Morgan fingerprint density at radius 1 is 1.00 bits per heavy atom. The van der Waals surface area contributed by atoms with Gasteiger partial charge in [-0.15, -0.1) is 0 Å². The molecule has 7 heteroatoms. The first-order chi connectivity index (χ1) is 17.6. The van der Waals surface area contributed by atoms with Gasteiger partial charge in [0.2, 0.25) is 0 Å². The lowest BCUT2D eigenvalue weighted by atomic mass is 9.85. The van der Waals surface area contributed by atoms with Gasteiger partial charge in [0.05, 0.1) is 13.0 Å². The molecule has 1 fully saturated rings. The number of carbonyl (C=O) groups is 3. The molecule has 1 unspecified atom stereocenters. The summed E-state index contributed by atoms with van der Waals surface area (Å²) in [5, 5.41) is 2.89. The number of nitrogens with one attached hydrogen (secondary N) is 1. The highest BCUT2D eigenvalue weighted by Crippen LogP contribution is 2.42. The molecule has 1 aliphatic carbocycles. The van der Waals surface area contributed by atoms with Gasteiger partial charge in [-0.25, -0.2) is 14.6 Å². The molecule has 4 rings (SSSR count). The first-order valence-electron chi connectivity index (χ1n) is 12.4. The summed E-state index contributed by atoms with van der Waals surface area (Å²) in [4.78, 5) is 43.1. The first-order valence-corrected chi connectivity index (χ1v) is 12.4. The zero-order valence-electron chi connectivity index (χ0n) is 21.6. The van der Waals surface area contributed by atoms with E-state index >= 15 is 0 Å². The Kier molecular flexibility index (Phi) is 7.71. The van der Waals surface area contributed by atoms with E-state index in [9.17, 15) is 14.4 Å². The number of Topliss-reactive ketones (excluding diaryl/α,β-unsaturated/α-hetero) is 1. The van der Waals surface area contributed by atoms with Crippen LogP contribution in [0.5, 0.6) is 0 Å². The molecule has 37 heavy (non-hydrogen) atoms. The lowest BCUT2D eigenvalue weighted by Crippen LogP contribution is -2.28. The molecule has 7 nitrogen and oxygen atoms in total. The highest BCUT2D eigenvalue weighted by atomic mass is 16.6. The van der Waals surface area contributed by atoms with Crippen LogP contribution in [0.1, 0.15) is 83.1 Å². The largest absolute Gasteiger partial charge is 0.464 e. The average Bonchev–Trinajstić information content (AvgIpc) is 3.72. The van der Waals surface area contributed by atoms with E-state index in [-0.39, 0.29) is 17.9 Å². The number of esters is 1. The van der Waals surface area contributed by atoms with E-state index in [2.05, 4.69) is 10.3 Å². The summed E-state index contributed by atoms with van der Waals surface area (Å²) < 4.78 is 10.3. The number of hydrogen-bond donors (Lipinski definition) is 1. The quantitative estimate of drug-likeness (QED) is 0.288. The standard InChI is InChI=1S/C30H32N2O5/c1-30(2,3)37-29(35)32-26-17-21(19-13-14-19)15-16-23(26)24(27(33)20-9-6-5-7-10-20)18-22-11-8-12-25(31-22)28(34)36-4/h5-12,15-17,19,24H,13-14,18H2,1-4H3,(H,32,35). The number of pyridine rings is 1. The number of nitrogens with zero attached hydrogens (tertiary/aromatic N) is 1. The molecule has 1 N–H and O–H groups in total. The van der Waals surface area contributed by atoms with Gasteiger partial charge in [0.1, 0.15) is 11.3 Å². The van der Waals surface area contributed by atoms with Crippen LogP contribution in [-0.4, -0.2) is 35.5 Å². The SMILES string of the molecule is COC(=O)c1cccc(CC(C(=O)c2ccccc2)c2ccc(C3CC3)cc2NC(=O)OC(C)(C)C)n1. The van der Waals surface area contributed by atoms with Gasteiger partial charge in [-0.3, -0.25) is 10.1 Å². The fourth-order valence-corrected chi connectivity index (χ4v) is 4.24. The third-order valence-electron chi connectivity index (χ3n) is 6.13. The number of benzene rings is 2. The van der Waals surface area contributed by atoms with Crippen molar-refractivity contribution in [3.63, 3.8) is 0 Å². The molecule has 1 saturated carbocycles. The molecular weight excluding hydrogens is 468 g/mol. The van der Waals surface area contributed by atoms with Crippen LogP contribution >= 0.6 is 0 Å². The number of anilines is 1. The molecule has 0 bridgehead atoms. The van der Waals surface area contributed by atoms with Crippen LogP contribution < -0.4 is 5.32 Å². The Bertz CT molecular complexity index is 1290. The maximum atomic E-state index is 13.9. The summed E-state index contributed by atoms with van der Waals surface area (Å²) >= 11 is 0. The molecule has 1 aromatic heterocycles. The van der Waals surface area contributed by atoms with Crippen LogP contribution in [0.4, 0.5) is 10.5 Å². The molecule has 0 spiro atoms. The second kappa shape index (κ2) is 10.9. The van der Waals surface area contributed by atoms with Gasteiger partial charge >= 0.3 is 12.1 Å². The summed E-state index contributed by atoms with van der Waals surface area (Å²) in [6, 6.07) is 20.0. The van der Waals surface area contributed by atoms with Gasteiger partial charge in [-0.05, 0) is 68.9 Å². The molecule has 1 aliphatic rings. The van der Waals surface area contributed by atoms with E-state index < -0.39 is 23.6 Å². The van der Waals surface area contributed by atoms with E-state index in [1.807, 2.05) is 36.4 Å². The van der Waals surface area contributed by atoms with E-state index in [1.54, 1.807) is 51.1 Å². The average molecular weight is 501 g/mol. The number of carbonyl (C=O) groups excluding carboxylic acids is 3. The van der Waals surface area contributed by atoms with Crippen molar-refractivity contribution in [2.45, 2.75) is 57.5 Å². The summed E-state index contributed by atoms with van der Waals surface area (Å²) in [5.41, 5.74) is 2.92. The summed E-state index contributed by atoms with van der Waals surface area (Å²) in [5.74, 6) is -0.873. The topological polar surface area (TPSA) is 94.6 Å². The number of methoxy groups -OCH3 is 1. The maximum Gasteiger partial charge on any atom is 0.412 e. The lowest BCUT2D eigenvalue weighted by Gasteiger charge is -2.23. The van der Waals surface area contributed by atoms with E-state index in [1.165, 1.54) is 7.11 Å². The summed E-state index contributed by atoms with van der Waals surface area (Å²) in [6.45, 7) is 5.40. The molecular formula is C30H32N2O5. The van der Waals surface area contributed by atoms with Crippen LogP contribution in [-0.2, 0) is 15.9 Å². The molecule has 1 amide bonds. The fourth-order valence-electron chi connectivity index (χ4n) is 4.24. The molecule has 192 valence electrons. The molecule has 0 aliphatic heterocycles.